The van der Waals surface area contributed by atoms with Gasteiger partial charge in [0, 0.05) is 17.1 Å². The first-order chi connectivity index (χ1) is 6.92. The molecule has 1 unspecified atom stereocenters. The molecular weight excluding hydrogens is 192 g/mol. The molecule has 0 spiro atoms. The molecule has 0 bridgehead atoms. The standard InChI is InChI=1S/C11H18N2S/c1-2-10(11-8-12-9-14-11)13-6-4-3-5-7-13/h8-10H,2-7H2,1H3. The molecule has 0 aromatic carbocycles. The van der Waals surface area contributed by atoms with Crippen molar-refractivity contribution in [1.29, 1.82) is 0 Å². The summed E-state index contributed by atoms with van der Waals surface area (Å²) in [4.78, 5) is 8.24. The van der Waals surface area contributed by atoms with E-state index in [2.05, 4.69) is 16.8 Å². The van der Waals surface area contributed by atoms with Crippen LogP contribution in [0.5, 0.6) is 0 Å². The van der Waals surface area contributed by atoms with Gasteiger partial charge >= 0.3 is 0 Å². The normalized spacial score (nSPS) is 20.9. The minimum absolute atomic E-state index is 0.628. The molecule has 1 aliphatic heterocycles. The molecule has 78 valence electrons. The van der Waals surface area contributed by atoms with Crippen LogP contribution in [-0.4, -0.2) is 23.0 Å². The predicted octanol–water partition coefficient (Wildman–Crippen LogP) is 3.08. The quantitative estimate of drug-likeness (QED) is 0.762. The third-order valence-electron chi connectivity index (χ3n) is 3.00. The first kappa shape index (κ1) is 10.1. The molecule has 0 radical (unpaired) electrons. The second-order valence-electron chi connectivity index (χ2n) is 3.92. The number of thiazole rings is 1. The number of hydrogen-bond acceptors (Lipinski definition) is 3. The van der Waals surface area contributed by atoms with Crippen LogP contribution in [0.3, 0.4) is 0 Å². The van der Waals surface area contributed by atoms with Gasteiger partial charge in [-0.1, -0.05) is 13.3 Å². The molecule has 1 saturated heterocycles. The molecule has 3 heteroatoms. The van der Waals surface area contributed by atoms with Gasteiger partial charge in [-0.25, -0.2) is 0 Å². The Morgan fingerprint density at radius 1 is 1.43 bits per heavy atom. The second-order valence-corrected chi connectivity index (χ2v) is 4.84. The molecule has 1 aromatic heterocycles. The van der Waals surface area contributed by atoms with Crippen molar-refractivity contribution < 1.29 is 0 Å². The molecule has 1 aliphatic rings. The molecule has 0 aliphatic carbocycles. The van der Waals surface area contributed by atoms with Crippen molar-refractivity contribution >= 4 is 11.3 Å². The zero-order valence-corrected chi connectivity index (χ0v) is 9.59. The number of piperidine rings is 1. The molecule has 1 aromatic rings. The first-order valence-electron chi connectivity index (χ1n) is 5.54. The minimum Gasteiger partial charge on any atom is -0.295 e. The molecule has 1 fully saturated rings. The van der Waals surface area contributed by atoms with Gasteiger partial charge in [0.25, 0.3) is 0 Å². The highest BCUT2D eigenvalue weighted by Crippen LogP contribution is 2.29. The summed E-state index contributed by atoms with van der Waals surface area (Å²) in [7, 11) is 0. The van der Waals surface area contributed by atoms with E-state index >= 15 is 0 Å². The Kier molecular flexibility index (Phi) is 3.54. The number of nitrogens with zero attached hydrogens (tertiary/aromatic N) is 2. The van der Waals surface area contributed by atoms with Gasteiger partial charge < -0.3 is 0 Å². The molecule has 2 rings (SSSR count). The molecule has 0 N–H and O–H groups in total. The van der Waals surface area contributed by atoms with Gasteiger partial charge in [-0.15, -0.1) is 11.3 Å². The van der Waals surface area contributed by atoms with Gasteiger partial charge in [0.15, 0.2) is 0 Å². The Balaban J connectivity index is 2.04. The van der Waals surface area contributed by atoms with Gasteiger partial charge in [0.05, 0.1) is 5.51 Å². The van der Waals surface area contributed by atoms with E-state index in [1.54, 1.807) is 11.3 Å². The third kappa shape index (κ3) is 2.15. The monoisotopic (exact) mass is 210 g/mol. The van der Waals surface area contributed by atoms with Crippen molar-refractivity contribution in [1.82, 2.24) is 9.88 Å². The van der Waals surface area contributed by atoms with Crippen LogP contribution in [0.25, 0.3) is 0 Å². The lowest BCUT2D eigenvalue weighted by Gasteiger charge is -2.33. The zero-order valence-electron chi connectivity index (χ0n) is 8.78. The SMILES string of the molecule is CCC(c1cncs1)N1CCCCC1. The van der Waals surface area contributed by atoms with E-state index in [9.17, 15) is 0 Å². The number of likely N-dealkylation sites (tertiary alicyclic amines) is 1. The van der Waals surface area contributed by atoms with E-state index in [1.165, 1.54) is 43.6 Å². The summed E-state index contributed by atoms with van der Waals surface area (Å²) in [5, 5.41) is 0. The topological polar surface area (TPSA) is 16.1 Å². The summed E-state index contributed by atoms with van der Waals surface area (Å²) in [6.45, 7) is 4.83. The average molecular weight is 210 g/mol. The van der Waals surface area contributed by atoms with E-state index in [1.807, 2.05) is 11.7 Å². The molecule has 1 atom stereocenters. The van der Waals surface area contributed by atoms with E-state index in [4.69, 9.17) is 0 Å². The van der Waals surface area contributed by atoms with Crippen LogP contribution < -0.4 is 0 Å². The number of rotatable bonds is 3. The Labute approximate surface area is 90.0 Å². The lowest BCUT2D eigenvalue weighted by atomic mass is 10.1. The third-order valence-corrected chi connectivity index (χ3v) is 3.87. The van der Waals surface area contributed by atoms with Gasteiger partial charge in [0.1, 0.15) is 0 Å². The molecule has 0 saturated carbocycles. The van der Waals surface area contributed by atoms with Crippen LogP contribution in [-0.2, 0) is 0 Å². The number of hydrogen-bond donors (Lipinski definition) is 0. The summed E-state index contributed by atoms with van der Waals surface area (Å²) in [6, 6.07) is 0.628. The number of aromatic nitrogens is 1. The zero-order chi connectivity index (χ0) is 9.80. The highest BCUT2D eigenvalue weighted by Gasteiger charge is 2.21. The summed E-state index contributed by atoms with van der Waals surface area (Å²) < 4.78 is 0. The van der Waals surface area contributed by atoms with Crippen LogP contribution in [0.1, 0.15) is 43.5 Å². The molecule has 14 heavy (non-hydrogen) atoms. The Bertz CT molecular complexity index is 252. The van der Waals surface area contributed by atoms with Crippen molar-refractivity contribution in [2.24, 2.45) is 0 Å². The van der Waals surface area contributed by atoms with E-state index < -0.39 is 0 Å². The highest BCUT2D eigenvalue weighted by molar-refractivity contribution is 7.09. The Morgan fingerprint density at radius 3 is 2.79 bits per heavy atom. The second kappa shape index (κ2) is 4.89. The summed E-state index contributed by atoms with van der Waals surface area (Å²) in [6.07, 6.45) is 7.40. The lowest BCUT2D eigenvalue weighted by Crippen LogP contribution is -2.33. The fourth-order valence-electron chi connectivity index (χ4n) is 2.26. The molecular formula is C11H18N2S. The van der Waals surface area contributed by atoms with Crippen molar-refractivity contribution in [2.45, 2.75) is 38.6 Å². The van der Waals surface area contributed by atoms with E-state index in [-0.39, 0.29) is 0 Å². The van der Waals surface area contributed by atoms with E-state index in [0.717, 1.165) is 0 Å². The maximum atomic E-state index is 4.18. The van der Waals surface area contributed by atoms with Gasteiger partial charge in [-0.05, 0) is 32.4 Å². The van der Waals surface area contributed by atoms with Crippen LogP contribution in [0, 0.1) is 0 Å². The van der Waals surface area contributed by atoms with Crippen molar-refractivity contribution in [2.75, 3.05) is 13.1 Å². The molecule has 0 amide bonds. The molecule has 2 heterocycles. The Morgan fingerprint density at radius 2 is 2.21 bits per heavy atom. The van der Waals surface area contributed by atoms with Crippen LogP contribution in [0.4, 0.5) is 0 Å². The summed E-state index contributed by atoms with van der Waals surface area (Å²) in [5.74, 6) is 0. The van der Waals surface area contributed by atoms with Crippen LogP contribution in [0.2, 0.25) is 0 Å². The lowest BCUT2D eigenvalue weighted by molar-refractivity contribution is 0.161. The predicted molar refractivity (Wildman–Crippen MR) is 60.6 cm³/mol. The van der Waals surface area contributed by atoms with Gasteiger partial charge in [-0.3, -0.25) is 9.88 Å². The van der Waals surface area contributed by atoms with Crippen molar-refractivity contribution in [3.05, 3.63) is 16.6 Å². The largest absolute Gasteiger partial charge is 0.295 e. The Hall–Kier alpha value is -0.410. The maximum absolute atomic E-state index is 4.18. The van der Waals surface area contributed by atoms with Gasteiger partial charge in [0.2, 0.25) is 0 Å². The minimum atomic E-state index is 0.628. The van der Waals surface area contributed by atoms with Gasteiger partial charge in [-0.2, -0.15) is 0 Å². The van der Waals surface area contributed by atoms with Crippen LogP contribution >= 0.6 is 11.3 Å². The maximum Gasteiger partial charge on any atom is 0.0794 e. The van der Waals surface area contributed by atoms with Crippen molar-refractivity contribution in [3.8, 4) is 0 Å². The summed E-state index contributed by atoms with van der Waals surface area (Å²) in [5.41, 5.74) is 1.95. The van der Waals surface area contributed by atoms with Crippen LogP contribution in [0.15, 0.2) is 11.7 Å². The highest BCUT2D eigenvalue weighted by atomic mass is 32.1. The molecule has 2 nitrogen and oxygen atoms in total. The average Bonchev–Trinajstić information content (AvgIpc) is 2.74. The van der Waals surface area contributed by atoms with E-state index in [0.29, 0.717) is 6.04 Å². The van der Waals surface area contributed by atoms with Crippen molar-refractivity contribution in [3.63, 3.8) is 0 Å². The summed E-state index contributed by atoms with van der Waals surface area (Å²) >= 11 is 1.80. The first-order valence-corrected chi connectivity index (χ1v) is 6.42. The fourth-order valence-corrected chi connectivity index (χ4v) is 3.10. The fraction of sp³-hybridized carbons (Fsp3) is 0.727. The smallest absolute Gasteiger partial charge is 0.0794 e.